The molecule has 1 aliphatic carbocycles. The topological polar surface area (TPSA) is 37.3 Å². The van der Waals surface area contributed by atoms with Gasteiger partial charge >= 0.3 is 29.6 Å². The maximum atomic E-state index is 10.7. The van der Waals surface area contributed by atoms with Gasteiger partial charge in [0.1, 0.15) is 0 Å². The molecule has 4 heteroatoms. The molecule has 2 nitrogen and oxygen atoms in total. The molecule has 0 saturated carbocycles. The Morgan fingerprint density at radius 1 is 1.31 bits per heavy atom. The first-order valence-electron chi connectivity index (χ1n) is 4.00. The summed E-state index contributed by atoms with van der Waals surface area (Å²) >= 11 is -1.82. The van der Waals surface area contributed by atoms with E-state index in [2.05, 4.69) is 0 Å². The maximum absolute atomic E-state index is 10.7. The zero-order chi connectivity index (χ0) is 8.55. The van der Waals surface area contributed by atoms with Crippen molar-refractivity contribution < 1.29 is 39.7 Å². The van der Waals surface area contributed by atoms with Gasteiger partial charge in [0, 0.05) is 0 Å². The number of aryl methyl sites for hydroxylation is 2. The molecule has 2 rings (SSSR count). The molecule has 0 spiro atoms. The standard InChI is InChI=1S/C9H10O2S.Na.H/c10-12(11)9-5-4-7-2-1-3-8(7)6-9;;/h4-6H,1-3H2,(H,10,11);;/q;+1;-1. The van der Waals surface area contributed by atoms with Gasteiger partial charge in [0.05, 0.1) is 4.90 Å². The van der Waals surface area contributed by atoms with Crippen molar-refractivity contribution in [2.45, 2.75) is 24.2 Å². The summed E-state index contributed by atoms with van der Waals surface area (Å²) in [6.07, 6.45) is 3.35. The fraction of sp³-hybridized carbons (Fsp3) is 0.333. The zero-order valence-electron chi connectivity index (χ0n) is 8.62. The van der Waals surface area contributed by atoms with Gasteiger partial charge in [-0.3, -0.25) is 0 Å². The molecule has 0 aromatic heterocycles. The van der Waals surface area contributed by atoms with Crippen LogP contribution in [0.1, 0.15) is 19.0 Å². The van der Waals surface area contributed by atoms with E-state index in [9.17, 15) is 4.21 Å². The van der Waals surface area contributed by atoms with Crippen molar-refractivity contribution in [1.29, 1.82) is 0 Å². The molecule has 0 amide bonds. The van der Waals surface area contributed by atoms with Gasteiger partial charge in [-0.1, -0.05) is 6.07 Å². The molecule has 1 aromatic rings. The number of hydrogen-bond donors (Lipinski definition) is 1. The van der Waals surface area contributed by atoms with Crippen molar-refractivity contribution in [3.63, 3.8) is 0 Å². The average Bonchev–Trinajstić information content (AvgIpc) is 2.49. The van der Waals surface area contributed by atoms with Gasteiger partial charge in [-0.05, 0) is 42.5 Å². The Morgan fingerprint density at radius 3 is 2.69 bits per heavy atom. The van der Waals surface area contributed by atoms with Crippen LogP contribution in [0.15, 0.2) is 23.1 Å². The van der Waals surface area contributed by atoms with E-state index in [1.807, 2.05) is 12.1 Å². The molecule has 0 saturated heterocycles. The Labute approximate surface area is 104 Å². The third-order valence-electron chi connectivity index (χ3n) is 2.27. The third kappa shape index (κ3) is 2.42. The molecule has 1 aromatic carbocycles. The SMILES string of the molecule is O=S(O)c1ccc2c(c1)CCC2.[H-].[Na+]. The van der Waals surface area contributed by atoms with Crippen LogP contribution in [0.25, 0.3) is 0 Å². The van der Waals surface area contributed by atoms with Crippen molar-refractivity contribution in [2.24, 2.45) is 0 Å². The third-order valence-corrected chi connectivity index (χ3v) is 2.93. The van der Waals surface area contributed by atoms with E-state index in [0.717, 1.165) is 12.8 Å². The number of hydrogen-bond acceptors (Lipinski definition) is 1. The summed E-state index contributed by atoms with van der Waals surface area (Å²) in [4.78, 5) is 0.524. The quantitative estimate of drug-likeness (QED) is 0.466. The van der Waals surface area contributed by atoms with Crippen molar-refractivity contribution in [2.75, 3.05) is 0 Å². The van der Waals surface area contributed by atoms with Crippen molar-refractivity contribution >= 4 is 11.1 Å². The minimum Gasteiger partial charge on any atom is -1.00 e. The predicted molar refractivity (Wildman–Crippen MR) is 48.6 cm³/mol. The molecule has 66 valence electrons. The van der Waals surface area contributed by atoms with Crippen LogP contribution < -0.4 is 29.6 Å². The normalized spacial score (nSPS) is 16.1. The van der Waals surface area contributed by atoms with Crippen LogP contribution in [0.2, 0.25) is 0 Å². The molecule has 0 fully saturated rings. The minimum absolute atomic E-state index is 0. The summed E-state index contributed by atoms with van der Waals surface area (Å²) in [5.74, 6) is 0. The van der Waals surface area contributed by atoms with Crippen molar-refractivity contribution in [3.8, 4) is 0 Å². The van der Waals surface area contributed by atoms with Crippen LogP contribution in [0.4, 0.5) is 0 Å². The molecule has 0 aliphatic heterocycles. The van der Waals surface area contributed by atoms with Crippen LogP contribution in [-0.4, -0.2) is 8.76 Å². The smallest absolute Gasteiger partial charge is 1.00 e. The second-order valence-corrected chi connectivity index (χ2v) is 4.00. The van der Waals surface area contributed by atoms with Crippen LogP contribution in [0.3, 0.4) is 0 Å². The van der Waals surface area contributed by atoms with Crippen LogP contribution in [0.5, 0.6) is 0 Å². The van der Waals surface area contributed by atoms with Gasteiger partial charge in [-0.25, -0.2) is 4.21 Å². The van der Waals surface area contributed by atoms with Gasteiger partial charge < -0.3 is 5.98 Å². The summed E-state index contributed by atoms with van der Waals surface area (Å²) in [6.45, 7) is 0. The Bertz CT molecular complexity index is 344. The van der Waals surface area contributed by atoms with E-state index in [1.165, 1.54) is 17.5 Å². The van der Waals surface area contributed by atoms with Gasteiger partial charge in [-0.15, -0.1) is 0 Å². The summed E-state index contributed by atoms with van der Waals surface area (Å²) < 4.78 is 19.5. The first-order chi connectivity index (χ1) is 5.77. The molecule has 1 atom stereocenters. The molecule has 0 bridgehead atoms. The predicted octanol–water partition coefficient (Wildman–Crippen LogP) is -1.13. The summed E-state index contributed by atoms with van der Waals surface area (Å²) in [5, 5.41) is 0. The van der Waals surface area contributed by atoms with E-state index in [4.69, 9.17) is 4.55 Å². The fourth-order valence-corrected chi connectivity index (χ4v) is 2.08. The average molecular weight is 206 g/mol. The molecule has 1 unspecified atom stereocenters. The molecular weight excluding hydrogens is 195 g/mol. The van der Waals surface area contributed by atoms with E-state index >= 15 is 0 Å². The van der Waals surface area contributed by atoms with Crippen LogP contribution in [-0.2, 0) is 23.9 Å². The number of fused-ring (bicyclic) bond motifs is 1. The Morgan fingerprint density at radius 2 is 2.00 bits per heavy atom. The molecule has 0 heterocycles. The van der Waals surface area contributed by atoms with E-state index in [0.29, 0.717) is 4.90 Å². The first-order valence-corrected chi connectivity index (χ1v) is 5.11. The van der Waals surface area contributed by atoms with Gasteiger partial charge in [0.25, 0.3) is 0 Å². The van der Waals surface area contributed by atoms with Gasteiger partial charge in [-0.2, -0.15) is 0 Å². The molecular formula is C9H11NaO2S. The molecule has 0 radical (unpaired) electrons. The largest absolute Gasteiger partial charge is 1.00 e. The second kappa shape index (κ2) is 4.71. The van der Waals surface area contributed by atoms with E-state index in [-0.39, 0.29) is 31.0 Å². The zero-order valence-corrected chi connectivity index (χ0v) is 10.4. The van der Waals surface area contributed by atoms with Gasteiger partial charge in [0.15, 0.2) is 11.1 Å². The van der Waals surface area contributed by atoms with Crippen LogP contribution in [0, 0.1) is 0 Å². The Kier molecular flexibility index (Phi) is 4.13. The van der Waals surface area contributed by atoms with Crippen LogP contribution >= 0.6 is 0 Å². The Hall–Kier alpha value is 0.330. The number of benzene rings is 1. The summed E-state index contributed by atoms with van der Waals surface area (Å²) in [5.41, 5.74) is 2.58. The molecule has 13 heavy (non-hydrogen) atoms. The summed E-state index contributed by atoms with van der Waals surface area (Å²) in [7, 11) is 0. The first kappa shape index (κ1) is 11.4. The van der Waals surface area contributed by atoms with E-state index < -0.39 is 11.1 Å². The Balaban J connectivity index is 0.000000845. The molecule has 1 aliphatic rings. The molecule has 1 N–H and O–H groups in total. The second-order valence-electron chi connectivity index (χ2n) is 3.03. The minimum atomic E-state index is -1.82. The van der Waals surface area contributed by atoms with Crippen molar-refractivity contribution in [1.82, 2.24) is 0 Å². The maximum Gasteiger partial charge on any atom is 1.00 e. The van der Waals surface area contributed by atoms with E-state index in [1.54, 1.807) is 6.07 Å². The van der Waals surface area contributed by atoms with Crippen molar-refractivity contribution in [3.05, 3.63) is 29.3 Å². The van der Waals surface area contributed by atoms with Gasteiger partial charge in [0.2, 0.25) is 0 Å². The monoisotopic (exact) mass is 206 g/mol. The number of rotatable bonds is 1. The fourth-order valence-electron chi connectivity index (χ4n) is 1.66. The summed E-state index contributed by atoms with van der Waals surface area (Å²) in [6, 6.07) is 5.55.